The standard InChI is InChI=1S/C18H24ClN5O.HI/c1-3-9-21-18(20-4-2)22-14-17(25)24-12-10-23(11-13-24)16-7-5-15(19)6-8-16;/h1,5-8H,4,9-14H2,2H3,(H2,20,21,22);1H. The highest BCUT2D eigenvalue weighted by molar-refractivity contribution is 14.0. The zero-order valence-corrected chi connectivity index (χ0v) is 18.0. The van der Waals surface area contributed by atoms with E-state index in [1.807, 2.05) is 36.1 Å². The predicted octanol–water partition coefficient (Wildman–Crippen LogP) is 1.79. The molecule has 26 heavy (non-hydrogen) atoms. The Kier molecular flexibility index (Phi) is 10.2. The van der Waals surface area contributed by atoms with Crippen LogP contribution in [0.4, 0.5) is 5.69 Å². The number of piperazine rings is 1. The lowest BCUT2D eigenvalue weighted by molar-refractivity contribution is -0.129. The summed E-state index contributed by atoms with van der Waals surface area (Å²) in [6.45, 7) is 6.13. The molecule has 0 saturated carbocycles. The number of rotatable bonds is 5. The molecule has 2 rings (SSSR count). The summed E-state index contributed by atoms with van der Waals surface area (Å²) in [6.07, 6.45) is 5.23. The van der Waals surface area contributed by atoms with Crippen LogP contribution in [0.1, 0.15) is 6.92 Å². The number of amides is 1. The smallest absolute Gasteiger partial charge is 0.244 e. The number of nitrogens with zero attached hydrogens (tertiary/aromatic N) is 3. The molecule has 142 valence electrons. The SMILES string of the molecule is C#CCNC(=NCC(=O)N1CCN(c2ccc(Cl)cc2)CC1)NCC.I. The molecule has 1 aromatic carbocycles. The Bertz CT molecular complexity index is 636. The van der Waals surface area contributed by atoms with Gasteiger partial charge in [0.2, 0.25) is 5.91 Å². The van der Waals surface area contributed by atoms with Gasteiger partial charge in [-0.2, -0.15) is 0 Å². The number of aliphatic imine (C=N–C) groups is 1. The number of nitrogens with one attached hydrogen (secondary N) is 2. The van der Waals surface area contributed by atoms with Gasteiger partial charge in [-0.15, -0.1) is 30.4 Å². The van der Waals surface area contributed by atoms with Crippen LogP contribution in [0.15, 0.2) is 29.3 Å². The van der Waals surface area contributed by atoms with Gasteiger partial charge in [0.1, 0.15) is 6.54 Å². The van der Waals surface area contributed by atoms with E-state index in [4.69, 9.17) is 18.0 Å². The molecule has 0 atom stereocenters. The van der Waals surface area contributed by atoms with Crippen molar-refractivity contribution in [2.45, 2.75) is 6.92 Å². The van der Waals surface area contributed by atoms with Crippen LogP contribution in [-0.4, -0.2) is 62.6 Å². The van der Waals surface area contributed by atoms with E-state index in [0.29, 0.717) is 32.1 Å². The predicted molar refractivity (Wildman–Crippen MR) is 118 cm³/mol. The summed E-state index contributed by atoms with van der Waals surface area (Å²) in [7, 11) is 0. The van der Waals surface area contributed by atoms with Gasteiger partial charge in [-0.25, -0.2) is 4.99 Å². The maximum Gasteiger partial charge on any atom is 0.244 e. The maximum atomic E-state index is 12.4. The van der Waals surface area contributed by atoms with E-state index in [9.17, 15) is 4.79 Å². The Balaban J connectivity index is 0.00000338. The first-order valence-electron chi connectivity index (χ1n) is 8.38. The molecule has 0 bridgehead atoms. The minimum Gasteiger partial charge on any atom is -0.368 e. The minimum atomic E-state index is 0. The van der Waals surface area contributed by atoms with Crippen LogP contribution in [0.2, 0.25) is 5.02 Å². The van der Waals surface area contributed by atoms with Crippen LogP contribution in [0.25, 0.3) is 0 Å². The van der Waals surface area contributed by atoms with E-state index in [1.165, 1.54) is 0 Å². The van der Waals surface area contributed by atoms with Gasteiger partial charge >= 0.3 is 0 Å². The maximum absolute atomic E-state index is 12.4. The van der Waals surface area contributed by atoms with Gasteiger partial charge in [-0.3, -0.25) is 4.79 Å². The van der Waals surface area contributed by atoms with E-state index in [-0.39, 0.29) is 36.4 Å². The molecule has 1 aliphatic rings. The Morgan fingerprint density at radius 2 is 1.88 bits per heavy atom. The normalized spacial score (nSPS) is 14.3. The van der Waals surface area contributed by atoms with Gasteiger partial charge in [0.15, 0.2) is 5.96 Å². The molecule has 1 aromatic rings. The molecule has 8 heteroatoms. The molecule has 0 aliphatic carbocycles. The van der Waals surface area contributed by atoms with Crippen LogP contribution in [0.3, 0.4) is 0 Å². The van der Waals surface area contributed by atoms with Crippen molar-refractivity contribution < 1.29 is 4.79 Å². The first-order valence-corrected chi connectivity index (χ1v) is 8.75. The minimum absolute atomic E-state index is 0. The average Bonchev–Trinajstić information content (AvgIpc) is 2.64. The second kappa shape index (κ2) is 11.9. The molecule has 0 unspecified atom stereocenters. The van der Waals surface area contributed by atoms with Gasteiger partial charge in [0.25, 0.3) is 0 Å². The Hall–Kier alpha value is -1.66. The molecular formula is C18H25ClIN5O. The second-order valence-corrected chi connectivity index (χ2v) is 6.03. The number of guanidine groups is 1. The van der Waals surface area contributed by atoms with Crippen LogP contribution in [0, 0.1) is 12.3 Å². The fraction of sp³-hybridized carbons (Fsp3) is 0.444. The summed E-state index contributed by atoms with van der Waals surface area (Å²) in [6, 6.07) is 7.77. The lowest BCUT2D eigenvalue weighted by Gasteiger charge is -2.36. The van der Waals surface area contributed by atoms with Crippen molar-refractivity contribution in [3.05, 3.63) is 29.3 Å². The average molecular weight is 490 g/mol. The number of halogens is 2. The fourth-order valence-corrected chi connectivity index (χ4v) is 2.72. The highest BCUT2D eigenvalue weighted by Gasteiger charge is 2.21. The van der Waals surface area contributed by atoms with Crippen molar-refractivity contribution in [3.8, 4) is 12.3 Å². The number of carbonyl (C=O) groups is 1. The van der Waals surface area contributed by atoms with Gasteiger partial charge in [0.05, 0.1) is 6.54 Å². The van der Waals surface area contributed by atoms with Crippen LogP contribution in [0.5, 0.6) is 0 Å². The molecule has 1 saturated heterocycles. The Morgan fingerprint density at radius 1 is 1.23 bits per heavy atom. The van der Waals surface area contributed by atoms with E-state index in [0.717, 1.165) is 23.8 Å². The molecular weight excluding hydrogens is 465 g/mol. The fourth-order valence-electron chi connectivity index (χ4n) is 2.59. The quantitative estimate of drug-likeness (QED) is 0.287. The van der Waals surface area contributed by atoms with Gasteiger partial charge in [-0.1, -0.05) is 17.5 Å². The van der Waals surface area contributed by atoms with Crippen molar-refractivity contribution >= 4 is 53.1 Å². The summed E-state index contributed by atoms with van der Waals surface area (Å²) in [4.78, 5) is 20.7. The number of hydrogen-bond donors (Lipinski definition) is 2. The lowest BCUT2D eigenvalue weighted by atomic mass is 10.2. The van der Waals surface area contributed by atoms with Crippen LogP contribution in [-0.2, 0) is 4.79 Å². The van der Waals surface area contributed by atoms with Crippen molar-refractivity contribution in [2.24, 2.45) is 4.99 Å². The summed E-state index contributed by atoms with van der Waals surface area (Å²) >= 11 is 5.92. The monoisotopic (exact) mass is 489 g/mol. The molecule has 2 N–H and O–H groups in total. The number of terminal acetylenes is 1. The molecule has 0 spiro atoms. The summed E-state index contributed by atoms with van der Waals surface area (Å²) in [5.41, 5.74) is 1.13. The molecule has 1 fully saturated rings. The third-order valence-electron chi connectivity index (χ3n) is 3.90. The van der Waals surface area contributed by atoms with E-state index in [1.54, 1.807) is 0 Å². The van der Waals surface area contributed by atoms with Crippen LogP contribution < -0.4 is 15.5 Å². The third kappa shape index (κ3) is 6.92. The third-order valence-corrected chi connectivity index (χ3v) is 4.15. The first-order chi connectivity index (χ1) is 12.1. The highest BCUT2D eigenvalue weighted by atomic mass is 127. The molecule has 1 aliphatic heterocycles. The highest BCUT2D eigenvalue weighted by Crippen LogP contribution is 2.19. The van der Waals surface area contributed by atoms with Gasteiger partial charge in [0, 0.05) is 43.4 Å². The number of benzene rings is 1. The van der Waals surface area contributed by atoms with Crippen molar-refractivity contribution in [3.63, 3.8) is 0 Å². The molecule has 1 amide bonds. The molecule has 0 aromatic heterocycles. The molecule has 0 radical (unpaired) electrons. The van der Waals surface area contributed by atoms with Crippen molar-refractivity contribution in [1.82, 2.24) is 15.5 Å². The van der Waals surface area contributed by atoms with Crippen LogP contribution >= 0.6 is 35.6 Å². The van der Waals surface area contributed by atoms with Crippen molar-refractivity contribution in [2.75, 3.05) is 50.7 Å². The van der Waals surface area contributed by atoms with E-state index in [2.05, 4.69) is 26.4 Å². The topological polar surface area (TPSA) is 60.0 Å². The lowest BCUT2D eigenvalue weighted by Crippen LogP contribution is -2.49. The zero-order chi connectivity index (χ0) is 18.1. The van der Waals surface area contributed by atoms with E-state index >= 15 is 0 Å². The molecule has 1 heterocycles. The summed E-state index contributed by atoms with van der Waals surface area (Å²) in [5, 5.41) is 6.76. The number of hydrogen-bond acceptors (Lipinski definition) is 3. The first kappa shape index (κ1) is 22.4. The number of anilines is 1. The second-order valence-electron chi connectivity index (χ2n) is 5.60. The Morgan fingerprint density at radius 3 is 2.46 bits per heavy atom. The largest absolute Gasteiger partial charge is 0.368 e. The number of carbonyl (C=O) groups excluding carboxylic acids is 1. The summed E-state index contributed by atoms with van der Waals surface area (Å²) in [5.74, 6) is 3.08. The van der Waals surface area contributed by atoms with Crippen molar-refractivity contribution in [1.29, 1.82) is 0 Å². The van der Waals surface area contributed by atoms with Gasteiger partial charge in [-0.05, 0) is 31.2 Å². The molecule has 6 nitrogen and oxygen atoms in total. The van der Waals surface area contributed by atoms with Gasteiger partial charge < -0.3 is 20.4 Å². The van der Waals surface area contributed by atoms with E-state index < -0.39 is 0 Å². The Labute approximate surface area is 177 Å². The summed E-state index contributed by atoms with van der Waals surface area (Å²) < 4.78 is 0. The zero-order valence-electron chi connectivity index (χ0n) is 14.9.